The average molecular weight is 321 g/mol. The second kappa shape index (κ2) is 5.69. The highest BCUT2D eigenvalue weighted by molar-refractivity contribution is 9.10. The SMILES string of the molecule is C#CCN(CC)S(=O)(=O)c1cc(CN)oc1Br. The van der Waals surface area contributed by atoms with Gasteiger partial charge in [-0.2, -0.15) is 4.31 Å². The zero-order chi connectivity index (χ0) is 13.1. The summed E-state index contributed by atoms with van der Waals surface area (Å²) >= 11 is 3.06. The van der Waals surface area contributed by atoms with E-state index in [4.69, 9.17) is 16.6 Å². The van der Waals surface area contributed by atoms with E-state index in [1.54, 1.807) is 6.92 Å². The van der Waals surface area contributed by atoms with E-state index in [1.807, 2.05) is 0 Å². The number of rotatable bonds is 5. The highest BCUT2D eigenvalue weighted by Crippen LogP contribution is 2.28. The van der Waals surface area contributed by atoms with Crippen LogP contribution in [0.25, 0.3) is 0 Å². The monoisotopic (exact) mass is 320 g/mol. The van der Waals surface area contributed by atoms with Crippen LogP contribution in [0.1, 0.15) is 12.7 Å². The van der Waals surface area contributed by atoms with Crippen LogP contribution in [0.4, 0.5) is 0 Å². The van der Waals surface area contributed by atoms with Gasteiger partial charge in [-0.3, -0.25) is 0 Å². The van der Waals surface area contributed by atoms with Gasteiger partial charge in [-0.05, 0) is 15.9 Å². The van der Waals surface area contributed by atoms with Crippen molar-refractivity contribution in [3.05, 3.63) is 16.5 Å². The number of terminal acetylenes is 1. The smallest absolute Gasteiger partial charge is 0.248 e. The zero-order valence-electron chi connectivity index (χ0n) is 9.31. The molecule has 1 heterocycles. The van der Waals surface area contributed by atoms with Gasteiger partial charge in [-0.1, -0.05) is 12.8 Å². The Labute approximate surface area is 109 Å². The van der Waals surface area contributed by atoms with Crippen LogP contribution >= 0.6 is 15.9 Å². The summed E-state index contributed by atoms with van der Waals surface area (Å²) in [5.41, 5.74) is 5.39. The summed E-state index contributed by atoms with van der Waals surface area (Å²) in [6.07, 6.45) is 5.14. The molecule has 2 N–H and O–H groups in total. The van der Waals surface area contributed by atoms with Gasteiger partial charge in [0.2, 0.25) is 10.0 Å². The first-order chi connectivity index (χ1) is 7.97. The fourth-order valence-corrected chi connectivity index (χ4v) is 3.61. The molecule has 7 heteroatoms. The number of halogens is 1. The predicted molar refractivity (Wildman–Crippen MR) is 67.6 cm³/mol. The largest absolute Gasteiger partial charge is 0.452 e. The van der Waals surface area contributed by atoms with Gasteiger partial charge in [0, 0.05) is 12.6 Å². The molecule has 0 atom stereocenters. The number of nitrogens with two attached hydrogens (primary N) is 1. The second-order valence-corrected chi connectivity index (χ2v) is 5.82. The zero-order valence-corrected chi connectivity index (χ0v) is 11.7. The minimum absolute atomic E-state index is 0.0222. The summed E-state index contributed by atoms with van der Waals surface area (Å²) in [5.74, 6) is 2.71. The molecular weight excluding hydrogens is 308 g/mol. The Kier molecular flexibility index (Phi) is 4.77. The molecule has 0 saturated heterocycles. The molecule has 0 unspecified atom stereocenters. The molecule has 0 fully saturated rings. The van der Waals surface area contributed by atoms with Crippen molar-refractivity contribution in [1.29, 1.82) is 0 Å². The van der Waals surface area contributed by atoms with Crippen LogP contribution in [0, 0.1) is 12.3 Å². The number of hydrogen-bond acceptors (Lipinski definition) is 4. The van der Waals surface area contributed by atoms with Gasteiger partial charge >= 0.3 is 0 Å². The maximum Gasteiger partial charge on any atom is 0.248 e. The van der Waals surface area contributed by atoms with E-state index in [0.717, 1.165) is 0 Å². The number of hydrogen-bond donors (Lipinski definition) is 1. The Morgan fingerprint density at radius 1 is 1.65 bits per heavy atom. The third-order valence-electron chi connectivity index (χ3n) is 2.15. The summed E-state index contributed by atoms with van der Waals surface area (Å²) in [6, 6.07) is 1.40. The third-order valence-corrected chi connectivity index (χ3v) is 4.92. The molecule has 0 aliphatic carbocycles. The fraction of sp³-hybridized carbons (Fsp3) is 0.400. The van der Waals surface area contributed by atoms with E-state index in [1.165, 1.54) is 10.4 Å². The molecule has 0 radical (unpaired) electrons. The van der Waals surface area contributed by atoms with Crippen molar-refractivity contribution in [2.75, 3.05) is 13.1 Å². The van der Waals surface area contributed by atoms with Gasteiger partial charge in [0.1, 0.15) is 10.7 Å². The average Bonchev–Trinajstić information content (AvgIpc) is 2.67. The third kappa shape index (κ3) is 2.90. The molecule has 0 aromatic carbocycles. The van der Waals surface area contributed by atoms with Gasteiger partial charge in [0.25, 0.3) is 0 Å². The van der Waals surface area contributed by atoms with Crippen molar-refractivity contribution < 1.29 is 12.8 Å². The molecule has 1 rings (SSSR count). The van der Waals surface area contributed by atoms with Crippen molar-refractivity contribution in [2.45, 2.75) is 18.4 Å². The summed E-state index contributed by atoms with van der Waals surface area (Å²) in [5, 5.41) is 0. The normalized spacial score (nSPS) is 11.7. The first kappa shape index (κ1) is 14.3. The van der Waals surface area contributed by atoms with Gasteiger partial charge < -0.3 is 10.2 Å². The van der Waals surface area contributed by atoms with Crippen LogP contribution < -0.4 is 5.73 Å². The van der Waals surface area contributed by atoms with Gasteiger partial charge in [0.15, 0.2) is 4.67 Å². The molecule has 0 spiro atoms. The Morgan fingerprint density at radius 3 is 2.71 bits per heavy atom. The first-order valence-electron chi connectivity index (χ1n) is 4.89. The number of sulfonamides is 1. The Bertz CT molecular complexity index is 530. The fourth-order valence-electron chi connectivity index (χ4n) is 1.28. The molecule has 0 aliphatic rings. The highest BCUT2D eigenvalue weighted by atomic mass is 79.9. The lowest BCUT2D eigenvalue weighted by molar-refractivity contribution is 0.456. The van der Waals surface area contributed by atoms with Crippen molar-refractivity contribution in [1.82, 2.24) is 4.31 Å². The van der Waals surface area contributed by atoms with Crippen LogP contribution in [0.3, 0.4) is 0 Å². The lowest BCUT2D eigenvalue weighted by atomic mass is 10.5. The topological polar surface area (TPSA) is 76.5 Å². The quantitative estimate of drug-likeness (QED) is 0.825. The molecule has 94 valence electrons. The Balaban J connectivity index is 3.20. The van der Waals surface area contributed by atoms with Crippen LogP contribution in [0.2, 0.25) is 0 Å². The van der Waals surface area contributed by atoms with Crippen molar-refractivity contribution >= 4 is 26.0 Å². The predicted octanol–water partition coefficient (Wildman–Crippen LogP) is 1.14. The summed E-state index contributed by atoms with van der Waals surface area (Å²) in [6.45, 7) is 2.17. The molecule has 17 heavy (non-hydrogen) atoms. The molecule has 0 aliphatic heterocycles. The maximum absolute atomic E-state index is 12.2. The number of furan rings is 1. The molecular formula is C10H13BrN2O3S. The molecule has 1 aromatic rings. The number of nitrogens with zero attached hydrogens (tertiary/aromatic N) is 1. The van der Waals surface area contributed by atoms with E-state index in [2.05, 4.69) is 21.9 Å². The second-order valence-electron chi connectivity index (χ2n) is 3.19. The van der Waals surface area contributed by atoms with Crippen LogP contribution in [-0.2, 0) is 16.6 Å². The van der Waals surface area contributed by atoms with E-state index < -0.39 is 10.0 Å². The van der Waals surface area contributed by atoms with E-state index in [0.29, 0.717) is 12.3 Å². The van der Waals surface area contributed by atoms with Crippen LogP contribution in [0.5, 0.6) is 0 Å². The molecule has 1 aromatic heterocycles. The summed E-state index contributed by atoms with van der Waals surface area (Å²) < 4.78 is 30.9. The summed E-state index contributed by atoms with van der Waals surface area (Å²) in [7, 11) is -3.64. The minimum Gasteiger partial charge on any atom is -0.452 e. The minimum atomic E-state index is -3.64. The van der Waals surface area contributed by atoms with Crippen LogP contribution in [-0.4, -0.2) is 25.8 Å². The first-order valence-corrected chi connectivity index (χ1v) is 7.12. The molecule has 0 saturated carbocycles. The van der Waals surface area contributed by atoms with Crippen molar-refractivity contribution in [2.24, 2.45) is 5.73 Å². The van der Waals surface area contributed by atoms with Crippen molar-refractivity contribution in [3.8, 4) is 12.3 Å². The maximum atomic E-state index is 12.2. The van der Waals surface area contributed by atoms with Gasteiger partial charge in [0.05, 0.1) is 13.1 Å². The molecule has 0 amide bonds. The Hall–Kier alpha value is -0.810. The van der Waals surface area contributed by atoms with E-state index in [9.17, 15) is 8.42 Å². The molecule has 5 nitrogen and oxygen atoms in total. The highest BCUT2D eigenvalue weighted by Gasteiger charge is 2.27. The van der Waals surface area contributed by atoms with E-state index >= 15 is 0 Å². The van der Waals surface area contributed by atoms with Crippen LogP contribution in [0.15, 0.2) is 20.0 Å². The standard InChI is InChI=1S/C10H13BrN2O3S/c1-3-5-13(4-2)17(14,15)9-6-8(7-12)16-10(9)11/h1,6H,4-5,7,12H2,2H3. The summed E-state index contributed by atoms with van der Waals surface area (Å²) in [4.78, 5) is 0.0510. The lowest BCUT2D eigenvalue weighted by Gasteiger charge is -2.16. The van der Waals surface area contributed by atoms with Gasteiger partial charge in [-0.15, -0.1) is 6.42 Å². The van der Waals surface area contributed by atoms with E-state index in [-0.39, 0.29) is 22.7 Å². The lowest BCUT2D eigenvalue weighted by Crippen LogP contribution is -2.31. The van der Waals surface area contributed by atoms with Gasteiger partial charge in [-0.25, -0.2) is 8.42 Å². The Morgan fingerprint density at radius 2 is 2.29 bits per heavy atom. The van der Waals surface area contributed by atoms with Crippen molar-refractivity contribution in [3.63, 3.8) is 0 Å². The molecule has 0 bridgehead atoms.